The molecule has 2 aliphatic heterocycles. The van der Waals surface area contributed by atoms with E-state index in [0.717, 1.165) is 67.7 Å². The Morgan fingerprint density at radius 1 is 1.09 bits per heavy atom. The highest BCUT2D eigenvalue weighted by Gasteiger charge is 2.51. The number of aliphatic imine (C=N–C) groups is 1. The van der Waals surface area contributed by atoms with Gasteiger partial charge in [-0.25, -0.2) is 4.79 Å². The highest BCUT2D eigenvalue weighted by molar-refractivity contribution is 5.99. The lowest BCUT2D eigenvalue weighted by Gasteiger charge is -2.38. The maximum atomic E-state index is 12.9. The lowest BCUT2D eigenvalue weighted by molar-refractivity contribution is 0.0664. The van der Waals surface area contributed by atoms with Crippen molar-refractivity contribution in [3.8, 4) is 0 Å². The van der Waals surface area contributed by atoms with E-state index in [4.69, 9.17) is 4.74 Å². The Bertz CT molecular complexity index is 1100. The normalized spacial score (nSPS) is 27.0. The Hall–Kier alpha value is -3.09. The second-order valence-electron chi connectivity index (χ2n) is 9.88. The maximum Gasteiger partial charge on any atom is 0.411 e. The van der Waals surface area contributed by atoms with Crippen molar-refractivity contribution in [3.05, 3.63) is 69.6 Å². The zero-order chi connectivity index (χ0) is 23.0. The quantitative estimate of drug-likeness (QED) is 0.737. The van der Waals surface area contributed by atoms with Crippen molar-refractivity contribution in [2.24, 2.45) is 4.99 Å². The van der Waals surface area contributed by atoms with Gasteiger partial charge in [-0.2, -0.15) is 0 Å². The number of carbonyl (C=O) groups excluding carboxylic acids is 1. The number of hydrogen-bond acceptors (Lipinski definition) is 5. The molecule has 1 saturated carbocycles. The van der Waals surface area contributed by atoms with Gasteiger partial charge in [0.1, 0.15) is 11.4 Å². The molecule has 1 atom stereocenters. The van der Waals surface area contributed by atoms with Gasteiger partial charge in [0.25, 0.3) is 5.56 Å². The lowest BCUT2D eigenvalue weighted by atomic mass is 9.80. The number of carbonyl (C=O) groups is 1. The van der Waals surface area contributed by atoms with Crippen LogP contribution in [-0.2, 0) is 4.74 Å². The molecule has 0 bridgehead atoms. The second-order valence-corrected chi connectivity index (χ2v) is 9.88. The number of hydrogen-bond donors (Lipinski definition) is 2. The average Bonchev–Trinajstić information content (AvgIpc) is 3.08. The van der Waals surface area contributed by atoms with E-state index in [1.807, 2.05) is 43.0 Å². The molecule has 1 aliphatic carbocycles. The van der Waals surface area contributed by atoms with Crippen molar-refractivity contribution < 1.29 is 9.53 Å². The third-order valence-electron chi connectivity index (χ3n) is 7.25. The molecule has 2 fully saturated rings. The molecular formula is C26H32N4O3. The molecule has 1 amide bonds. The number of cyclic esters (lactones) is 1. The molecule has 3 aliphatic rings. The Morgan fingerprint density at radius 2 is 1.85 bits per heavy atom. The Balaban J connectivity index is 1.34. The van der Waals surface area contributed by atoms with Crippen LogP contribution in [0, 0.1) is 0 Å². The third kappa shape index (κ3) is 4.16. The highest BCUT2D eigenvalue weighted by Crippen LogP contribution is 2.45. The number of pyridine rings is 1. The molecule has 7 heteroatoms. The number of nitrogens with one attached hydrogen (secondary N) is 2. The number of ether oxygens (including phenoxy) is 1. The van der Waals surface area contributed by atoms with Crippen molar-refractivity contribution in [3.63, 3.8) is 0 Å². The van der Waals surface area contributed by atoms with Gasteiger partial charge in [0.2, 0.25) is 0 Å². The number of rotatable bonds is 4. The molecule has 174 valence electrons. The Kier molecular flexibility index (Phi) is 5.72. The first-order valence-corrected chi connectivity index (χ1v) is 12.0. The molecule has 33 heavy (non-hydrogen) atoms. The summed E-state index contributed by atoms with van der Waals surface area (Å²) in [6.45, 7) is 5.69. The van der Waals surface area contributed by atoms with Gasteiger partial charge in [-0.15, -0.1) is 0 Å². The third-order valence-corrected chi connectivity index (χ3v) is 7.25. The molecule has 0 spiro atoms. The summed E-state index contributed by atoms with van der Waals surface area (Å²) < 4.78 is 5.81. The topological polar surface area (TPSA) is 86.8 Å². The molecule has 1 aromatic carbocycles. The fraction of sp³-hybridized carbons (Fsp3) is 0.500. The molecular weight excluding hydrogens is 416 g/mol. The van der Waals surface area contributed by atoms with Crippen LogP contribution in [0.15, 0.2) is 52.4 Å². The summed E-state index contributed by atoms with van der Waals surface area (Å²) in [5, 5.41) is 3.33. The molecule has 2 N–H and O–H groups in total. The minimum Gasteiger partial charge on any atom is -0.441 e. The summed E-state index contributed by atoms with van der Waals surface area (Å²) in [5.41, 5.74) is 2.25. The van der Waals surface area contributed by atoms with Crippen molar-refractivity contribution in [1.82, 2.24) is 15.2 Å². The minimum absolute atomic E-state index is 0.0255. The average molecular weight is 449 g/mol. The summed E-state index contributed by atoms with van der Waals surface area (Å²) >= 11 is 0. The molecule has 1 unspecified atom stereocenters. The molecule has 7 nitrogen and oxygen atoms in total. The van der Waals surface area contributed by atoms with Crippen molar-refractivity contribution in [2.75, 3.05) is 13.1 Å². The first kappa shape index (κ1) is 21.7. The molecule has 1 aromatic heterocycles. The smallest absolute Gasteiger partial charge is 0.411 e. The fourth-order valence-corrected chi connectivity index (χ4v) is 5.66. The number of H-pyrrole nitrogens is 1. The van der Waals surface area contributed by atoms with Crippen LogP contribution in [0.4, 0.5) is 4.79 Å². The van der Waals surface area contributed by atoms with Crippen molar-refractivity contribution >= 4 is 11.9 Å². The Labute approximate surface area is 194 Å². The minimum atomic E-state index is -0.589. The van der Waals surface area contributed by atoms with E-state index in [1.165, 1.54) is 0 Å². The first-order chi connectivity index (χ1) is 15.9. The summed E-state index contributed by atoms with van der Waals surface area (Å²) in [5.74, 6) is 1.04. The largest absolute Gasteiger partial charge is 0.441 e. The monoisotopic (exact) mass is 448 g/mol. The Morgan fingerprint density at radius 3 is 2.55 bits per heavy atom. The highest BCUT2D eigenvalue weighted by atomic mass is 16.6. The summed E-state index contributed by atoms with van der Waals surface area (Å²) in [6.07, 6.45) is 5.97. The van der Waals surface area contributed by atoms with Crippen LogP contribution in [0.2, 0.25) is 0 Å². The van der Waals surface area contributed by atoms with Crippen LogP contribution in [0.1, 0.15) is 74.6 Å². The van der Waals surface area contributed by atoms with E-state index in [9.17, 15) is 9.59 Å². The zero-order valence-corrected chi connectivity index (χ0v) is 19.3. The summed E-state index contributed by atoms with van der Waals surface area (Å²) in [4.78, 5) is 35.0. The predicted molar refractivity (Wildman–Crippen MR) is 128 cm³/mol. The molecule has 1 saturated heterocycles. The van der Waals surface area contributed by atoms with Gasteiger partial charge in [-0.05, 0) is 63.5 Å². The SMILES string of the molecule is CC1(C)OC(=O)N(C2CCC(c3cc(C4=NCCCN4)c[nH]c3=O)CC2)C1c1ccccc1. The predicted octanol–water partition coefficient (Wildman–Crippen LogP) is 4.11. The standard InChI is InChI=1S/C26H32N4O3/c1-26(2)22(18-7-4-3-5-8-18)30(25(32)33-26)20-11-9-17(10-12-20)21-15-19(16-29-24(21)31)23-27-13-6-14-28-23/h3-5,7-8,15-17,20,22H,6,9-14H2,1-2H3,(H,27,28)(H,29,31). The van der Waals surface area contributed by atoms with Crippen LogP contribution in [0.25, 0.3) is 0 Å². The molecule has 0 radical (unpaired) electrons. The van der Waals surface area contributed by atoms with Crippen LogP contribution >= 0.6 is 0 Å². The van der Waals surface area contributed by atoms with Gasteiger partial charge in [0.15, 0.2) is 0 Å². The van der Waals surface area contributed by atoms with Crippen molar-refractivity contribution in [2.45, 2.75) is 69.6 Å². The number of aromatic nitrogens is 1. The first-order valence-electron chi connectivity index (χ1n) is 12.0. The number of amides is 1. The van der Waals surface area contributed by atoms with Crippen LogP contribution in [0.5, 0.6) is 0 Å². The number of amidine groups is 1. The fourth-order valence-electron chi connectivity index (χ4n) is 5.66. The van der Waals surface area contributed by atoms with E-state index in [2.05, 4.69) is 27.4 Å². The zero-order valence-electron chi connectivity index (χ0n) is 19.3. The van der Waals surface area contributed by atoms with Gasteiger partial charge in [0, 0.05) is 36.5 Å². The molecule has 3 heterocycles. The second kappa shape index (κ2) is 8.69. The van der Waals surface area contributed by atoms with Gasteiger partial charge in [-0.3, -0.25) is 14.7 Å². The summed E-state index contributed by atoms with van der Waals surface area (Å²) in [6, 6.07) is 12.1. The molecule has 5 rings (SSSR count). The van der Waals surface area contributed by atoms with Gasteiger partial charge >= 0.3 is 6.09 Å². The van der Waals surface area contributed by atoms with Gasteiger partial charge in [0.05, 0.1) is 6.04 Å². The lowest BCUT2D eigenvalue weighted by Crippen LogP contribution is -2.42. The number of nitrogens with zero attached hydrogens (tertiary/aromatic N) is 2. The van der Waals surface area contributed by atoms with Crippen LogP contribution < -0.4 is 10.9 Å². The van der Waals surface area contributed by atoms with E-state index in [-0.39, 0.29) is 29.7 Å². The van der Waals surface area contributed by atoms with Crippen LogP contribution in [-0.4, -0.2) is 46.5 Å². The maximum absolute atomic E-state index is 12.9. The van der Waals surface area contributed by atoms with E-state index in [0.29, 0.717) is 0 Å². The van der Waals surface area contributed by atoms with Gasteiger partial charge in [-0.1, -0.05) is 30.3 Å². The van der Waals surface area contributed by atoms with E-state index < -0.39 is 5.60 Å². The molecule has 2 aromatic rings. The summed E-state index contributed by atoms with van der Waals surface area (Å²) in [7, 11) is 0. The van der Waals surface area contributed by atoms with E-state index in [1.54, 1.807) is 6.20 Å². The number of benzene rings is 1. The number of aromatic amines is 1. The van der Waals surface area contributed by atoms with E-state index >= 15 is 0 Å². The van der Waals surface area contributed by atoms with Crippen molar-refractivity contribution in [1.29, 1.82) is 0 Å². The van der Waals surface area contributed by atoms with Crippen LogP contribution in [0.3, 0.4) is 0 Å². The van der Waals surface area contributed by atoms with Gasteiger partial charge < -0.3 is 15.0 Å².